The molecule has 2 aromatic rings. The van der Waals surface area contributed by atoms with Gasteiger partial charge in [-0.3, -0.25) is 4.98 Å². The number of esters is 1. The van der Waals surface area contributed by atoms with Crippen molar-refractivity contribution < 1.29 is 22.4 Å². The smallest absolute Gasteiger partial charge is 0.341 e. The van der Waals surface area contributed by atoms with Crippen molar-refractivity contribution in [2.24, 2.45) is 0 Å². The molecule has 3 rings (SSSR count). The van der Waals surface area contributed by atoms with Crippen LogP contribution < -0.4 is 5.32 Å². The molecule has 0 bridgehead atoms. The highest BCUT2D eigenvalue weighted by molar-refractivity contribution is 7.89. The highest BCUT2D eigenvalue weighted by Gasteiger charge is 2.36. The van der Waals surface area contributed by atoms with E-state index in [0.717, 1.165) is 11.8 Å². The van der Waals surface area contributed by atoms with Crippen molar-refractivity contribution in [2.45, 2.75) is 11.1 Å². The number of furan rings is 1. The standard InChI is InChI=1S/C15H17N3O5S/c1-22-15(19)12-7-14(23-10-12)24(20,21)18-6-5-17-9-13(18)11-3-2-4-16-8-11/h2-4,7-8,10,13,17H,5-6,9H2,1H3. The number of hydrogen-bond donors (Lipinski definition) is 1. The Kier molecular flexibility index (Phi) is 4.65. The average molecular weight is 351 g/mol. The third-order valence-electron chi connectivity index (χ3n) is 3.82. The SMILES string of the molecule is COC(=O)c1coc(S(=O)(=O)N2CCNCC2c2cccnc2)c1. The maximum atomic E-state index is 12.9. The third kappa shape index (κ3) is 3.05. The van der Waals surface area contributed by atoms with E-state index in [1.165, 1.54) is 17.5 Å². The highest BCUT2D eigenvalue weighted by Crippen LogP contribution is 2.29. The lowest BCUT2D eigenvalue weighted by Gasteiger charge is -2.34. The number of nitrogens with one attached hydrogen (secondary N) is 1. The predicted octanol–water partition coefficient (Wildman–Crippen LogP) is 0.796. The summed E-state index contributed by atoms with van der Waals surface area (Å²) in [6.45, 7) is 1.28. The molecule has 0 aliphatic carbocycles. The minimum absolute atomic E-state index is 0.0594. The van der Waals surface area contributed by atoms with Crippen molar-refractivity contribution in [1.29, 1.82) is 0 Å². The third-order valence-corrected chi connectivity index (χ3v) is 5.60. The lowest BCUT2D eigenvalue weighted by molar-refractivity contribution is 0.0600. The second kappa shape index (κ2) is 6.71. The van der Waals surface area contributed by atoms with Crippen LogP contribution in [0.25, 0.3) is 0 Å². The Balaban J connectivity index is 1.94. The summed E-state index contributed by atoms with van der Waals surface area (Å²) < 4.78 is 36.9. The number of rotatable bonds is 4. The van der Waals surface area contributed by atoms with E-state index in [4.69, 9.17) is 4.42 Å². The van der Waals surface area contributed by atoms with E-state index in [0.29, 0.717) is 13.1 Å². The van der Waals surface area contributed by atoms with Gasteiger partial charge in [0, 0.05) is 38.1 Å². The molecule has 1 fully saturated rings. The second-order valence-corrected chi connectivity index (χ2v) is 7.09. The number of ether oxygens (including phenoxy) is 1. The summed E-state index contributed by atoms with van der Waals surface area (Å²) in [6, 6.07) is 4.37. The molecule has 24 heavy (non-hydrogen) atoms. The normalized spacial score (nSPS) is 19.1. The number of sulfonamides is 1. The van der Waals surface area contributed by atoms with Crippen molar-refractivity contribution in [3.63, 3.8) is 0 Å². The van der Waals surface area contributed by atoms with Gasteiger partial charge < -0.3 is 14.5 Å². The molecular formula is C15H17N3O5S. The zero-order chi connectivity index (χ0) is 17.2. The van der Waals surface area contributed by atoms with Gasteiger partial charge in [0.05, 0.1) is 18.7 Å². The summed E-state index contributed by atoms with van der Waals surface area (Å²) in [5.74, 6) is -0.649. The van der Waals surface area contributed by atoms with Gasteiger partial charge in [-0.2, -0.15) is 4.31 Å². The van der Waals surface area contributed by atoms with Gasteiger partial charge in [0.2, 0.25) is 5.09 Å². The first-order valence-electron chi connectivity index (χ1n) is 7.33. The van der Waals surface area contributed by atoms with Crippen LogP contribution in [0, 0.1) is 0 Å². The summed E-state index contributed by atoms with van der Waals surface area (Å²) in [4.78, 5) is 15.6. The van der Waals surface area contributed by atoms with Crippen LogP contribution in [0.15, 0.2) is 46.4 Å². The number of carbonyl (C=O) groups is 1. The van der Waals surface area contributed by atoms with Crippen molar-refractivity contribution in [2.75, 3.05) is 26.7 Å². The predicted molar refractivity (Wildman–Crippen MR) is 83.8 cm³/mol. The quantitative estimate of drug-likeness (QED) is 0.813. The van der Waals surface area contributed by atoms with Crippen molar-refractivity contribution in [3.05, 3.63) is 48.0 Å². The number of carbonyl (C=O) groups excluding carboxylic acids is 1. The Morgan fingerprint density at radius 3 is 3.04 bits per heavy atom. The number of piperazine rings is 1. The molecule has 0 amide bonds. The van der Waals surface area contributed by atoms with E-state index >= 15 is 0 Å². The Labute approximate surface area is 139 Å². The number of aromatic nitrogens is 1. The first-order chi connectivity index (χ1) is 11.5. The molecule has 2 aromatic heterocycles. The van der Waals surface area contributed by atoms with E-state index < -0.39 is 22.0 Å². The Morgan fingerprint density at radius 2 is 2.33 bits per heavy atom. The van der Waals surface area contributed by atoms with Gasteiger partial charge in [0.1, 0.15) is 6.26 Å². The first-order valence-corrected chi connectivity index (χ1v) is 8.77. The largest absolute Gasteiger partial charge is 0.465 e. The van der Waals surface area contributed by atoms with E-state index in [-0.39, 0.29) is 17.2 Å². The summed E-state index contributed by atoms with van der Waals surface area (Å²) >= 11 is 0. The van der Waals surface area contributed by atoms with Gasteiger partial charge in [-0.25, -0.2) is 13.2 Å². The Bertz CT molecular complexity index is 819. The molecule has 1 atom stereocenters. The second-order valence-electron chi connectivity index (χ2n) is 5.27. The Morgan fingerprint density at radius 1 is 1.50 bits per heavy atom. The number of hydrogen-bond acceptors (Lipinski definition) is 7. The monoisotopic (exact) mass is 351 g/mol. The molecule has 0 spiro atoms. The molecule has 1 unspecified atom stereocenters. The molecule has 0 radical (unpaired) electrons. The topological polar surface area (TPSA) is 102 Å². The van der Waals surface area contributed by atoms with Crippen LogP contribution in [0.4, 0.5) is 0 Å². The Hall–Kier alpha value is -2.23. The fourth-order valence-electron chi connectivity index (χ4n) is 2.62. The minimum atomic E-state index is -3.89. The van der Waals surface area contributed by atoms with Gasteiger partial charge in [0.15, 0.2) is 0 Å². The van der Waals surface area contributed by atoms with Crippen LogP contribution in [0.5, 0.6) is 0 Å². The van der Waals surface area contributed by atoms with E-state index in [9.17, 15) is 13.2 Å². The molecule has 8 nitrogen and oxygen atoms in total. The summed E-state index contributed by atoms with van der Waals surface area (Å²) in [6.07, 6.45) is 4.36. The summed E-state index contributed by atoms with van der Waals surface area (Å²) in [7, 11) is -2.67. The molecule has 1 aliphatic heterocycles. The molecule has 128 valence electrons. The molecule has 9 heteroatoms. The van der Waals surface area contributed by atoms with Crippen molar-refractivity contribution in [3.8, 4) is 0 Å². The van der Waals surface area contributed by atoms with E-state index in [2.05, 4.69) is 15.0 Å². The zero-order valence-corrected chi connectivity index (χ0v) is 13.8. The molecule has 0 aromatic carbocycles. The number of methoxy groups -OCH3 is 1. The van der Waals surface area contributed by atoms with Gasteiger partial charge in [-0.1, -0.05) is 6.07 Å². The van der Waals surface area contributed by atoms with Crippen LogP contribution >= 0.6 is 0 Å². The van der Waals surface area contributed by atoms with Crippen molar-refractivity contribution in [1.82, 2.24) is 14.6 Å². The fourth-order valence-corrected chi connectivity index (χ4v) is 4.16. The summed E-state index contributed by atoms with van der Waals surface area (Å²) in [5.41, 5.74) is 0.845. The number of nitrogens with zero attached hydrogens (tertiary/aromatic N) is 2. The van der Waals surface area contributed by atoms with Gasteiger partial charge in [-0.15, -0.1) is 0 Å². The molecule has 3 heterocycles. The van der Waals surface area contributed by atoms with Gasteiger partial charge in [-0.05, 0) is 11.6 Å². The van der Waals surface area contributed by atoms with Crippen LogP contribution in [-0.4, -0.2) is 50.4 Å². The molecule has 0 saturated carbocycles. The maximum Gasteiger partial charge on any atom is 0.341 e. The zero-order valence-electron chi connectivity index (χ0n) is 13.0. The van der Waals surface area contributed by atoms with E-state index in [1.54, 1.807) is 18.5 Å². The lowest BCUT2D eigenvalue weighted by atomic mass is 10.1. The molecular weight excluding hydrogens is 334 g/mol. The molecule has 1 N–H and O–H groups in total. The van der Waals surface area contributed by atoms with E-state index in [1.807, 2.05) is 6.07 Å². The number of pyridine rings is 1. The first kappa shape index (κ1) is 16.6. The highest BCUT2D eigenvalue weighted by atomic mass is 32.2. The maximum absolute atomic E-state index is 12.9. The summed E-state index contributed by atoms with van der Waals surface area (Å²) in [5, 5.41) is 2.90. The van der Waals surface area contributed by atoms with Gasteiger partial charge >= 0.3 is 5.97 Å². The lowest BCUT2D eigenvalue weighted by Crippen LogP contribution is -2.48. The fraction of sp³-hybridized carbons (Fsp3) is 0.333. The van der Waals surface area contributed by atoms with Crippen LogP contribution in [0.2, 0.25) is 0 Å². The van der Waals surface area contributed by atoms with Crippen LogP contribution in [0.1, 0.15) is 22.0 Å². The van der Waals surface area contributed by atoms with Crippen molar-refractivity contribution >= 4 is 16.0 Å². The molecule has 1 saturated heterocycles. The van der Waals surface area contributed by atoms with Crippen LogP contribution in [-0.2, 0) is 14.8 Å². The minimum Gasteiger partial charge on any atom is -0.465 e. The molecule has 1 aliphatic rings. The average Bonchev–Trinajstić information content (AvgIpc) is 3.13. The van der Waals surface area contributed by atoms with Crippen LogP contribution in [0.3, 0.4) is 0 Å². The van der Waals surface area contributed by atoms with Gasteiger partial charge in [0.25, 0.3) is 10.0 Å².